The van der Waals surface area contributed by atoms with E-state index in [1.165, 1.54) is 18.2 Å². The quantitative estimate of drug-likeness (QED) is 0.510. The molecule has 148 valence electrons. The van der Waals surface area contributed by atoms with Crippen molar-refractivity contribution in [1.82, 2.24) is 4.98 Å². The molecule has 2 heterocycles. The molecule has 0 unspecified atom stereocenters. The van der Waals surface area contributed by atoms with E-state index >= 15 is 0 Å². The van der Waals surface area contributed by atoms with E-state index in [1.807, 2.05) is 6.92 Å². The number of carbonyl (C=O) groups excluding carboxylic acids is 1. The number of hydrogen-bond donors (Lipinski definition) is 4. The molecule has 5 N–H and O–H groups in total. The minimum absolute atomic E-state index is 0.113. The normalized spacial score (nSPS) is 13.1. The maximum Gasteiger partial charge on any atom is 0.491 e. The molecule has 0 atom stereocenters. The van der Waals surface area contributed by atoms with Gasteiger partial charge in [-0.3, -0.25) is 10.0 Å². The Morgan fingerprint density at radius 3 is 2.96 bits per heavy atom. The summed E-state index contributed by atoms with van der Waals surface area (Å²) < 4.78 is 38.0. The summed E-state index contributed by atoms with van der Waals surface area (Å²) >= 11 is 0. The summed E-state index contributed by atoms with van der Waals surface area (Å²) in [4.78, 5) is 15.7. The zero-order chi connectivity index (χ0) is 20.3. The maximum atomic E-state index is 12.8. The fourth-order valence-electron chi connectivity index (χ4n) is 2.59. The fraction of sp³-hybridized carbons (Fsp3) is 0.250. The molecule has 1 amide bonds. The second-order valence-corrected chi connectivity index (χ2v) is 7.66. The summed E-state index contributed by atoms with van der Waals surface area (Å²) in [6, 6.07) is 5.94. The molecule has 3 rings (SSSR count). The standard InChI is InChI=1S/C16H19BN4O6S/c1-2-5-26-16(22)20-14-6-11(18)8-19-15(14)28(24,25)21-12-4-3-10-9-27-17(23)13(10)7-12/h3-4,6-8,21,23H,2,5,9,18H2,1H3,(H,20,22). The molecule has 1 aliphatic heterocycles. The van der Waals surface area contributed by atoms with Gasteiger partial charge in [-0.25, -0.2) is 9.78 Å². The van der Waals surface area contributed by atoms with Crippen LogP contribution in [0.25, 0.3) is 0 Å². The van der Waals surface area contributed by atoms with E-state index in [1.54, 1.807) is 6.07 Å². The van der Waals surface area contributed by atoms with Crippen LogP contribution in [0.1, 0.15) is 18.9 Å². The van der Waals surface area contributed by atoms with Crippen molar-refractivity contribution in [3.8, 4) is 0 Å². The first kappa shape index (κ1) is 19.9. The van der Waals surface area contributed by atoms with Gasteiger partial charge in [-0.15, -0.1) is 0 Å². The summed E-state index contributed by atoms with van der Waals surface area (Å²) in [5.74, 6) is 0. The number of nitrogens with two attached hydrogens (primary N) is 1. The molecule has 0 spiro atoms. The zero-order valence-corrected chi connectivity index (χ0v) is 15.8. The third-order valence-corrected chi connectivity index (χ3v) is 5.20. The lowest BCUT2D eigenvalue weighted by atomic mass is 9.79. The summed E-state index contributed by atoms with van der Waals surface area (Å²) in [5.41, 5.74) is 7.17. The summed E-state index contributed by atoms with van der Waals surface area (Å²) in [6.07, 6.45) is 0.962. The fourth-order valence-corrected chi connectivity index (χ4v) is 3.72. The van der Waals surface area contributed by atoms with Gasteiger partial charge in [0.05, 0.1) is 30.8 Å². The topological polar surface area (TPSA) is 153 Å². The number of nitrogen functional groups attached to an aromatic ring is 1. The van der Waals surface area contributed by atoms with Gasteiger partial charge in [0.25, 0.3) is 10.0 Å². The minimum atomic E-state index is -4.17. The van der Waals surface area contributed by atoms with E-state index in [9.17, 15) is 18.2 Å². The number of fused-ring (bicyclic) bond motifs is 1. The Kier molecular flexibility index (Phi) is 5.72. The van der Waals surface area contributed by atoms with E-state index in [0.29, 0.717) is 11.9 Å². The average molecular weight is 406 g/mol. The van der Waals surface area contributed by atoms with Crippen LogP contribution in [0.3, 0.4) is 0 Å². The first-order valence-electron chi connectivity index (χ1n) is 8.44. The van der Waals surface area contributed by atoms with Crippen LogP contribution in [0.4, 0.5) is 21.9 Å². The zero-order valence-electron chi connectivity index (χ0n) is 15.0. The molecule has 1 aromatic carbocycles. The molecule has 0 aliphatic carbocycles. The van der Waals surface area contributed by atoms with Crippen LogP contribution < -0.4 is 21.2 Å². The van der Waals surface area contributed by atoms with Crippen molar-refractivity contribution in [2.75, 3.05) is 22.4 Å². The van der Waals surface area contributed by atoms with E-state index in [-0.39, 0.29) is 30.3 Å². The van der Waals surface area contributed by atoms with Crippen LogP contribution in [0.2, 0.25) is 0 Å². The second kappa shape index (κ2) is 8.04. The number of benzene rings is 1. The van der Waals surface area contributed by atoms with Crippen LogP contribution in [0, 0.1) is 0 Å². The van der Waals surface area contributed by atoms with Gasteiger partial charge in [0, 0.05) is 5.69 Å². The second-order valence-electron chi connectivity index (χ2n) is 6.06. The maximum absolute atomic E-state index is 12.8. The highest BCUT2D eigenvalue weighted by Gasteiger charge is 2.28. The third kappa shape index (κ3) is 4.35. The van der Waals surface area contributed by atoms with E-state index < -0.39 is 28.3 Å². The van der Waals surface area contributed by atoms with Gasteiger partial charge >= 0.3 is 13.2 Å². The number of rotatable bonds is 6. The molecule has 0 saturated carbocycles. The molecule has 1 aromatic heterocycles. The Bertz CT molecular complexity index is 1000. The molecule has 1 aliphatic rings. The Morgan fingerprint density at radius 2 is 2.21 bits per heavy atom. The van der Waals surface area contributed by atoms with Crippen molar-refractivity contribution < 1.29 is 27.6 Å². The summed E-state index contributed by atoms with van der Waals surface area (Å²) in [6.45, 7) is 2.26. The van der Waals surface area contributed by atoms with Crippen LogP contribution in [0.5, 0.6) is 0 Å². The van der Waals surface area contributed by atoms with Crippen molar-refractivity contribution in [3.05, 3.63) is 36.0 Å². The number of pyridine rings is 1. The lowest BCUT2D eigenvalue weighted by Crippen LogP contribution is -2.28. The number of nitrogens with zero attached hydrogens (tertiary/aromatic N) is 1. The van der Waals surface area contributed by atoms with Gasteiger partial charge in [-0.05, 0) is 35.6 Å². The Labute approximate surface area is 162 Å². The van der Waals surface area contributed by atoms with Gasteiger partial charge in [0.15, 0.2) is 5.03 Å². The predicted octanol–water partition coefficient (Wildman–Crippen LogP) is 0.641. The van der Waals surface area contributed by atoms with Crippen LogP contribution in [-0.4, -0.2) is 38.2 Å². The first-order valence-corrected chi connectivity index (χ1v) is 9.93. The highest BCUT2D eigenvalue weighted by atomic mass is 32.2. The van der Waals surface area contributed by atoms with Crippen LogP contribution in [0.15, 0.2) is 35.5 Å². The van der Waals surface area contributed by atoms with Crippen LogP contribution >= 0.6 is 0 Å². The van der Waals surface area contributed by atoms with Crippen molar-refractivity contribution in [1.29, 1.82) is 0 Å². The number of nitrogens with one attached hydrogen (secondary N) is 2. The van der Waals surface area contributed by atoms with Gasteiger partial charge in [-0.2, -0.15) is 8.42 Å². The summed E-state index contributed by atoms with van der Waals surface area (Å²) in [5, 5.41) is 11.7. The number of ether oxygens (including phenoxy) is 1. The summed E-state index contributed by atoms with van der Waals surface area (Å²) in [7, 11) is -5.28. The van der Waals surface area contributed by atoms with E-state index in [2.05, 4.69) is 15.0 Å². The number of aromatic nitrogens is 1. The molecular formula is C16H19BN4O6S. The predicted molar refractivity (Wildman–Crippen MR) is 104 cm³/mol. The number of carbonyl (C=O) groups is 1. The monoisotopic (exact) mass is 406 g/mol. The number of amides is 1. The Morgan fingerprint density at radius 1 is 1.43 bits per heavy atom. The lowest BCUT2D eigenvalue weighted by molar-refractivity contribution is 0.161. The minimum Gasteiger partial charge on any atom is -0.449 e. The SMILES string of the molecule is CCCOC(=O)Nc1cc(N)cnc1S(=O)(=O)Nc1ccc2c(c1)B(O)OC2. The molecule has 12 heteroatoms. The number of anilines is 3. The van der Waals surface area contributed by atoms with Gasteiger partial charge in [0.2, 0.25) is 0 Å². The first-order chi connectivity index (χ1) is 13.3. The average Bonchev–Trinajstić information content (AvgIpc) is 3.00. The third-order valence-electron chi connectivity index (χ3n) is 3.86. The Balaban J connectivity index is 1.87. The molecule has 0 saturated heterocycles. The molecule has 10 nitrogen and oxygen atoms in total. The molecular weight excluding hydrogens is 387 g/mol. The highest BCUT2D eigenvalue weighted by Crippen LogP contribution is 2.24. The van der Waals surface area contributed by atoms with Gasteiger partial charge in [-0.1, -0.05) is 13.0 Å². The van der Waals surface area contributed by atoms with E-state index in [4.69, 9.17) is 15.1 Å². The molecule has 2 aromatic rings. The van der Waals surface area contributed by atoms with Crippen molar-refractivity contribution in [2.45, 2.75) is 25.0 Å². The number of hydrogen-bond acceptors (Lipinski definition) is 8. The highest BCUT2D eigenvalue weighted by molar-refractivity contribution is 7.92. The largest absolute Gasteiger partial charge is 0.491 e. The molecule has 0 bridgehead atoms. The van der Waals surface area contributed by atoms with Crippen molar-refractivity contribution >= 4 is 45.8 Å². The molecule has 28 heavy (non-hydrogen) atoms. The van der Waals surface area contributed by atoms with Crippen molar-refractivity contribution in [3.63, 3.8) is 0 Å². The molecule has 0 fully saturated rings. The van der Waals surface area contributed by atoms with Crippen LogP contribution in [-0.2, 0) is 26.0 Å². The lowest BCUT2D eigenvalue weighted by Gasteiger charge is -2.13. The smallest absolute Gasteiger partial charge is 0.449 e. The van der Waals surface area contributed by atoms with Gasteiger partial charge in [0.1, 0.15) is 0 Å². The van der Waals surface area contributed by atoms with Gasteiger partial charge < -0.3 is 20.1 Å². The molecule has 0 radical (unpaired) electrons. The Hall–Kier alpha value is -2.83. The van der Waals surface area contributed by atoms with Crippen molar-refractivity contribution in [2.24, 2.45) is 0 Å². The van der Waals surface area contributed by atoms with E-state index in [0.717, 1.165) is 11.8 Å². The number of sulfonamides is 1.